The molecule has 2 aromatic carbocycles. The molecule has 0 unspecified atom stereocenters. The molecule has 0 bridgehead atoms. The molecule has 2 aromatic rings. The smallest absolute Gasteiger partial charge is 0.229 e. The molecule has 140 valence electrons. The Hall–Kier alpha value is -3.02. The maximum Gasteiger partial charge on any atom is 0.229 e. The lowest BCUT2D eigenvalue weighted by molar-refractivity contribution is -0.128. The minimum absolute atomic E-state index is 0.0226. The number of amides is 2. The van der Waals surface area contributed by atoms with Gasteiger partial charge in [-0.15, -0.1) is 0 Å². The van der Waals surface area contributed by atoms with Gasteiger partial charge in [0.2, 0.25) is 11.8 Å². The number of nitrogens with zero attached hydrogens (tertiary/aromatic N) is 2. The third-order valence-electron chi connectivity index (χ3n) is 5.12. The fourth-order valence-electron chi connectivity index (χ4n) is 3.58. The van der Waals surface area contributed by atoms with Gasteiger partial charge in [0.05, 0.1) is 18.2 Å². The molecule has 1 fully saturated rings. The zero-order chi connectivity index (χ0) is 18.8. The topological polar surface area (TPSA) is 61.9 Å². The van der Waals surface area contributed by atoms with Gasteiger partial charge in [0.25, 0.3) is 0 Å². The van der Waals surface area contributed by atoms with Crippen molar-refractivity contribution >= 4 is 23.2 Å². The highest BCUT2D eigenvalue weighted by Gasteiger charge is 2.34. The molecule has 6 nitrogen and oxygen atoms in total. The summed E-state index contributed by atoms with van der Waals surface area (Å²) in [5.74, 6) is 0.341. The first-order valence-corrected chi connectivity index (χ1v) is 9.21. The Labute approximate surface area is 158 Å². The fourth-order valence-corrected chi connectivity index (χ4v) is 3.58. The van der Waals surface area contributed by atoms with Crippen LogP contribution in [0.4, 0.5) is 11.4 Å². The SMILES string of the molecule is CN1CCOc2cc(NC(=O)[C@@H]3CC(=O)N(Cc4ccccc4)C3)ccc21. The van der Waals surface area contributed by atoms with Crippen molar-refractivity contribution in [3.8, 4) is 5.75 Å². The Bertz CT molecular complexity index is 853. The minimum Gasteiger partial charge on any atom is -0.489 e. The van der Waals surface area contributed by atoms with Crippen LogP contribution in [0.5, 0.6) is 5.75 Å². The molecule has 2 aliphatic heterocycles. The van der Waals surface area contributed by atoms with E-state index in [1.165, 1.54) is 0 Å². The van der Waals surface area contributed by atoms with Crippen LogP contribution >= 0.6 is 0 Å². The number of carbonyl (C=O) groups excluding carboxylic acids is 2. The molecule has 27 heavy (non-hydrogen) atoms. The van der Waals surface area contributed by atoms with Crippen molar-refractivity contribution in [1.82, 2.24) is 4.90 Å². The summed E-state index contributed by atoms with van der Waals surface area (Å²) in [4.78, 5) is 28.8. The summed E-state index contributed by atoms with van der Waals surface area (Å²) in [6, 6.07) is 15.5. The van der Waals surface area contributed by atoms with Crippen molar-refractivity contribution in [1.29, 1.82) is 0 Å². The lowest BCUT2D eigenvalue weighted by Gasteiger charge is -2.28. The highest BCUT2D eigenvalue weighted by atomic mass is 16.5. The van der Waals surface area contributed by atoms with E-state index < -0.39 is 0 Å². The van der Waals surface area contributed by atoms with E-state index in [9.17, 15) is 9.59 Å². The van der Waals surface area contributed by atoms with Crippen molar-refractivity contribution in [3.05, 3.63) is 54.1 Å². The van der Waals surface area contributed by atoms with Crippen molar-refractivity contribution in [2.45, 2.75) is 13.0 Å². The maximum absolute atomic E-state index is 12.6. The van der Waals surface area contributed by atoms with Gasteiger partial charge < -0.3 is 19.9 Å². The van der Waals surface area contributed by atoms with Crippen LogP contribution in [0.2, 0.25) is 0 Å². The summed E-state index contributed by atoms with van der Waals surface area (Å²) in [7, 11) is 2.02. The molecule has 4 rings (SSSR count). The second-order valence-corrected chi connectivity index (χ2v) is 7.10. The summed E-state index contributed by atoms with van der Waals surface area (Å²) in [6.07, 6.45) is 0.253. The molecule has 6 heteroatoms. The third-order valence-corrected chi connectivity index (χ3v) is 5.12. The highest BCUT2D eigenvalue weighted by molar-refractivity contribution is 5.97. The van der Waals surface area contributed by atoms with E-state index in [4.69, 9.17) is 4.74 Å². The van der Waals surface area contributed by atoms with E-state index >= 15 is 0 Å². The number of benzene rings is 2. The molecule has 1 saturated heterocycles. The van der Waals surface area contributed by atoms with Gasteiger partial charge in [0.15, 0.2) is 0 Å². The molecule has 0 spiro atoms. The van der Waals surface area contributed by atoms with E-state index in [-0.39, 0.29) is 24.2 Å². The number of nitrogens with one attached hydrogen (secondary N) is 1. The number of ether oxygens (including phenoxy) is 1. The van der Waals surface area contributed by atoms with E-state index in [1.807, 2.05) is 55.6 Å². The van der Waals surface area contributed by atoms with Crippen LogP contribution in [0, 0.1) is 5.92 Å². The quantitative estimate of drug-likeness (QED) is 0.904. The van der Waals surface area contributed by atoms with Crippen molar-refractivity contribution in [2.75, 3.05) is 37.0 Å². The number of anilines is 2. The van der Waals surface area contributed by atoms with Crippen LogP contribution in [0.1, 0.15) is 12.0 Å². The number of fused-ring (bicyclic) bond motifs is 1. The molecule has 1 N–H and O–H groups in total. The number of likely N-dealkylation sites (N-methyl/N-ethyl adjacent to an activating group) is 1. The van der Waals surface area contributed by atoms with Gasteiger partial charge in [-0.1, -0.05) is 30.3 Å². The third kappa shape index (κ3) is 3.74. The standard InChI is InChI=1S/C21H23N3O3/c1-23-9-10-27-19-12-17(7-8-18(19)23)22-21(26)16-11-20(25)24(14-16)13-15-5-3-2-4-6-15/h2-8,12,16H,9-11,13-14H2,1H3,(H,22,26)/t16-/m1/s1. The average molecular weight is 365 g/mol. The van der Waals surface area contributed by atoms with Gasteiger partial charge in [-0.05, 0) is 17.7 Å². The van der Waals surface area contributed by atoms with Gasteiger partial charge in [0.1, 0.15) is 12.4 Å². The normalized spacial score (nSPS) is 18.9. The zero-order valence-electron chi connectivity index (χ0n) is 15.4. The highest BCUT2D eigenvalue weighted by Crippen LogP contribution is 2.33. The first-order chi connectivity index (χ1) is 13.1. The van der Waals surface area contributed by atoms with Gasteiger partial charge in [-0.25, -0.2) is 0 Å². The molecule has 1 atom stereocenters. The number of carbonyl (C=O) groups is 2. The van der Waals surface area contributed by atoms with Crippen LogP contribution in [0.3, 0.4) is 0 Å². The van der Waals surface area contributed by atoms with E-state index in [0.717, 1.165) is 23.5 Å². The van der Waals surface area contributed by atoms with Crippen LogP contribution in [0.15, 0.2) is 48.5 Å². The van der Waals surface area contributed by atoms with Gasteiger partial charge >= 0.3 is 0 Å². The molecular formula is C21H23N3O3. The first kappa shape index (κ1) is 17.4. The van der Waals surface area contributed by atoms with E-state index in [2.05, 4.69) is 10.2 Å². The van der Waals surface area contributed by atoms with Gasteiger partial charge in [-0.2, -0.15) is 0 Å². The van der Waals surface area contributed by atoms with Crippen LogP contribution < -0.4 is 15.0 Å². The Morgan fingerprint density at radius 1 is 1.22 bits per heavy atom. The molecule has 2 amide bonds. The minimum atomic E-state index is -0.333. The van der Waals surface area contributed by atoms with Crippen molar-refractivity contribution < 1.29 is 14.3 Å². The largest absolute Gasteiger partial charge is 0.489 e. The van der Waals surface area contributed by atoms with Crippen molar-refractivity contribution in [2.24, 2.45) is 5.92 Å². The van der Waals surface area contributed by atoms with Crippen LogP contribution in [-0.4, -0.2) is 43.5 Å². The van der Waals surface area contributed by atoms with E-state index in [1.54, 1.807) is 4.90 Å². The van der Waals surface area contributed by atoms with E-state index in [0.29, 0.717) is 25.4 Å². The summed E-state index contributed by atoms with van der Waals surface area (Å²) in [5.41, 5.74) is 2.79. The fraction of sp³-hybridized carbons (Fsp3) is 0.333. The molecule has 0 radical (unpaired) electrons. The molecule has 0 aliphatic carbocycles. The molecule has 0 aromatic heterocycles. The molecule has 2 aliphatic rings. The molecular weight excluding hydrogens is 342 g/mol. The van der Waals surface area contributed by atoms with Gasteiger partial charge in [-0.3, -0.25) is 9.59 Å². The second-order valence-electron chi connectivity index (χ2n) is 7.10. The Balaban J connectivity index is 1.40. The van der Waals surface area contributed by atoms with Gasteiger partial charge in [0, 0.05) is 38.3 Å². The summed E-state index contributed by atoms with van der Waals surface area (Å²) >= 11 is 0. The summed E-state index contributed by atoms with van der Waals surface area (Å²) in [5, 5.41) is 2.94. The predicted octanol–water partition coefficient (Wildman–Crippen LogP) is 2.50. The maximum atomic E-state index is 12.6. The first-order valence-electron chi connectivity index (χ1n) is 9.21. The number of hydrogen-bond acceptors (Lipinski definition) is 4. The number of likely N-dealkylation sites (tertiary alicyclic amines) is 1. The monoisotopic (exact) mass is 365 g/mol. The Kier molecular flexibility index (Phi) is 4.71. The number of rotatable bonds is 4. The predicted molar refractivity (Wildman–Crippen MR) is 104 cm³/mol. The zero-order valence-corrected chi connectivity index (χ0v) is 15.4. The summed E-state index contributed by atoms with van der Waals surface area (Å²) in [6.45, 7) is 2.47. The summed E-state index contributed by atoms with van der Waals surface area (Å²) < 4.78 is 5.69. The van der Waals surface area contributed by atoms with Crippen molar-refractivity contribution in [3.63, 3.8) is 0 Å². The molecule has 0 saturated carbocycles. The Morgan fingerprint density at radius 2 is 2.04 bits per heavy atom. The van der Waals surface area contributed by atoms with Crippen LogP contribution in [0.25, 0.3) is 0 Å². The lowest BCUT2D eigenvalue weighted by atomic mass is 10.1. The lowest BCUT2D eigenvalue weighted by Crippen LogP contribution is -2.29. The Morgan fingerprint density at radius 3 is 2.85 bits per heavy atom. The second kappa shape index (κ2) is 7.31. The van der Waals surface area contributed by atoms with Crippen LogP contribution in [-0.2, 0) is 16.1 Å². The average Bonchev–Trinajstić information content (AvgIpc) is 3.03. The molecule has 2 heterocycles. The number of hydrogen-bond donors (Lipinski definition) is 1.